The summed E-state index contributed by atoms with van der Waals surface area (Å²) in [4.78, 5) is 4.80. The molecule has 0 bridgehead atoms. The van der Waals surface area contributed by atoms with Gasteiger partial charge in [0.15, 0.2) is 5.96 Å². The lowest BCUT2D eigenvalue weighted by atomic mass is 9.74. The van der Waals surface area contributed by atoms with E-state index in [-0.39, 0.29) is 29.4 Å². The van der Waals surface area contributed by atoms with Crippen LogP contribution in [0.5, 0.6) is 11.5 Å². The van der Waals surface area contributed by atoms with Gasteiger partial charge in [0, 0.05) is 37.3 Å². The molecule has 1 aliphatic heterocycles. The third-order valence-corrected chi connectivity index (χ3v) is 5.77. The molecule has 0 saturated carbocycles. The van der Waals surface area contributed by atoms with Gasteiger partial charge in [-0.1, -0.05) is 30.3 Å². The van der Waals surface area contributed by atoms with E-state index in [2.05, 4.69) is 41.8 Å². The molecule has 1 saturated heterocycles. The van der Waals surface area contributed by atoms with Gasteiger partial charge in [-0.05, 0) is 50.5 Å². The number of benzene rings is 2. The number of nitrogens with one attached hydrogen (secondary N) is 2. The van der Waals surface area contributed by atoms with Gasteiger partial charge in [0.1, 0.15) is 11.5 Å². The van der Waals surface area contributed by atoms with E-state index >= 15 is 0 Å². The van der Waals surface area contributed by atoms with E-state index in [0.717, 1.165) is 62.2 Å². The minimum absolute atomic E-state index is 0. The van der Waals surface area contributed by atoms with Crippen LogP contribution in [0.2, 0.25) is 0 Å². The Kier molecular flexibility index (Phi) is 11.1. The van der Waals surface area contributed by atoms with Crippen molar-refractivity contribution in [3.63, 3.8) is 0 Å². The fraction of sp³-hybridized carbons (Fsp3) is 0.480. The standard InChI is InChI=1S/C25H35N3O3.HI/c1-4-26-24(27-18-20-8-6-7-9-23(20)29-3)28-19-25(14-16-30-17-15-25)21-10-12-22(13-11-21)31-5-2;/h6-13H,4-5,14-19H2,1-3H3,(H2,26,27,28);1H. The van der Waals surface area contributed by atoms with Crippen LogP contribution < -0.4 is 20.1 Å². The van der Waals surface area contributed by atoms with Crippen LogP contribution in [0.1, 0.15) is 37.8 Å². The van der Waals surface area contributed by atoms with Gasteiger partial charge < -0.3 is 24.8 Å². The van der Waals surface area contributed by atoms with Gasteiger partial charge in [-0.15, -0.1) is 24.0 Å². The van der Waals surface area contributed by atoms with Crippen LogP contribution in [0.4, 0.5) is 0 Å². The number of hydrogen-bond acceptors (Lipinski definition) is 4. The van der Waals surface area contributed by atoms with Gasteiger partial charge in [0.05, 0.1) is 20.3 Å². The first kappa shape index (κ1) is 26.3. The Morgan fingerprint density at radius 2 is 1.75 bits per heavy atom. The van der Waals surface area contributed by atoms with Crippen LogP contribution in [0.3, 0.4) is 0 Å². The Labute approximate surface area is 209 Å². The minimum atomic E-state index is 0. The highest BCUT2D eigenvalue weighted by Gasteiger charge is 2.34. The summed E-state index contributed by atoms with van der Waals surface area (Å²) in [6.07, 6.45) is 1.94. The topological polar surface area (TPSA) is 64.1 Å². The van der Waals surface area contributed by atoms with Crippen LogP contribution in [0.15, 0.2) is 53.5 Å². The van der Waals surface area contributed by atoms with Gasteiger partial charge in [-0.3, -0.25) is 0 Å². The zero-order valence-electron chi connectivity index (χ0n) is 19.4. The van der Waals surface area contributed by atoms with Gasteiger partial charge in [-0.2, -0.15) is 0 Å². The highest BCUT2D eigenvalue weighted by atomic mass is 127. The van der Waals surface area contributed by atoms with Crippen molar-refractivity contribution in [3.05, 3.63) is 59.7 Å². The molecule has 1 aliphatic rings. The van der Waals surface area contributed by atoms with Gasteiger partial charge >= 0.3 is 0 Å². The SMILES string of the molecule is CCNC(=NCc1ccccc1OC)NCC1(c2ccc(OCC)cc2)CCOCC1.I. The predicted octanol–water partition coefficient (Wildman–Crippen LogP) is 4.52. The molecule has 0 spiro atoms. The van der Waals surface area contributed by atoms with Crippen molar-refractivity contribution in [2.45, 2.75) is 38.6 Å². The molecule has 0 unspecified atom stereocenters. The largest absolute Gasteiger partial charge is 0.496 e. The third kappa shape index (κ3) is 7.00. The highest BCUT2D eigenvalue weighted by molar-refractivity contribution is 14.0. The summed E-state index contributed by atoms with van der Waals surface area (Å²) < 4.78 is 16.8. The van der Waals surface area contributed by atoms with Crippen LogP contribution in [-0.4, -0.2) is 46.0 Å². The quantitative estimate of drug-likeness (QED) is 0.272. The molecule has 6 nitrogen and oxygen atoms in total. The molecule has 2 aromatic rings. The summed E-state index contributed by atoms with van der Waals surface area (Å²) in [5, 5.41) is 6.96. The van der Waals surface area contributed by atoms with Crippen molar-refractivity contribution in [1.29, 1.82) is 0 Å². The van der Waals surface area contributed by atoms with Gasteiger partial charge in [-0.25, -0.2) is 4.99 Å². The molecule has 1 heterocycles. The number of halogens is 1. The lowest BCUT2D eigenvalue weighted by Crippen LogP contribution is -2.48. The summed E-state index contributed by atoms with van der Waals surface area (Å²) in [5.74, 6) is 2.58. The first-order valence-corrected chi connectivity index (χ1v) is 11.2. The van der Waals surface area contributed by atoms with Crippen LogP contribution >= 0.6 is 24.0 Å². The van der Waals surface area contributed by atoms with E-state index in [1.54, 1.807) is 7.11 Å². The molecule has 2 aromatic carbocycles. The maximum Gasteiger partial charge on any atom is 0.191 e. The van der Waals surface area contributed by atoms with E-state index in [0.29, 0.717) is 13.2 Å². The average molecular weight is 553 g/mol. The van der Waals surface area contributed by atoms with E-state index in [1.807, 2.05) is 31.2 Å². The fourth-order valence-corrected chi connectivity index (χ4v) is 3.99. The monoisotopic (exact) mass is 553 g/mol. The highest BCUT2D eigenvalue weighted by Crippen LogP contribution is 2.35. The zero-order valence-corrected chi connectivity index (χ0v) is 21.7. The van der Waals surface area contributed by atoms with Crippen LogP contribution in [0, 0.1) is 0 Å². The smallest absolute Gasteiger partial charge is 0.191 e. The molecule has 1 fully saturated rings. The molecular weight excluding hydrogens is 517 g/mol. The van der Waals surface area contributed by atoms with Crippen LogP contribution in [0.25, 0.3) is 0 Å². The van der Waals surface area contributed by atoms with Crippen molar-refractivity contribution in [2.75, 3.05) is 40.0 Å². The number of methoxy groups -OCH3 is 1. The Bertz CT molecular complexity index is 837. The first-order chi connectivity index (χ1) is 15.2. The van der Waals surface area contributed by atoms with E-state index in [9.17, 15) is 0 Å². The predicted molar refractivity (Wildman–Crippen MR) is 141 cm³/mol. The molecule has 176 valence electrons. The molecule has 0 amide bonds. The maximum absolute atomic E-state index is 5.68. The van der Waals surface area contributed by atoms with Gasteiger partial charge in [0.25, 0.3) is 0 Å². The second-order valence-corrected chi connectivity index (χ2v) is 7.71. The lowest BCUT2D eigenvalue weighted by molar-refractivity contribution is 0.0513. The first-order valence-electron chi connectivity index (χ1n) is 11.2. The summed E-state index contributed by atoms with van der Waals surface area (Å²) in [5.41, 5.74) is 2.38. The Hall–Kier alpha value is -2.00. The molecule has 0 radical (unpaired) electrons. The second-order valence-electron chi connectivity index (χ2n) is 7.71. The Morgan fingerprint density at radius 3 is 2.41 bits per heavy atom. The zero-order chi connectivity index (χ0) is 21.9. The van der Waals surface area contributed by atoms with Gasteiger partial charge in [0.2, 0.25) is 0 Å². The number of aliphatic imine (C=N–C) groups is 1. The molecule has 0 aromatic heterocycles. The number of ether oxygens (including phenoxy) is 3. The van der Waals surface area contributed by atoms with E-state index < -0.39 is 0 Å². The summed E-state index contributed by atoms with van der Waals surface area (Å²) in [7, 11) is 1.69. The molecule has 2 N–H and O–H groups in total. The normalized spacial score (nSPS) is 15.4. The van der Waals surface area contributed by atoms with Crippen LogP contribution in [-0.2, 0) is 16.7 Å². The Morgan fingerprint density at radius 1 is 1.03 bits per heavy atom. The number of nitrogens with zero attached hydrogens (tertiary/aromatic N) is 1. The van der Waals surface area contributed by atoms with Crippen molar-refractivity contribution in [2.24, 2.45) is 4.99 Å². The van der Waals surface area contributed by atoms with Crippen molar-refractivity contribution < 1.29 is 14.2 Å². The molecule has 0 atom stereocenters. The second kappa shape index (κ2) is 13.5. The lowest BCUT2D eigenvalue weighted by Gasteiger charge is -2.38. The number of rotatable bonds is 9. The summed E-state index contributed by atoms with van der Waals surface area (Å²) >= 11 is 0. The van der Waals surface area contributed by atoms with Crippen molar-refractivity contribution in [1.82, 2.24) is 10.6 Å². The summed E-state index contributed by atoms with van der Waals surface area (Å²) in [6, 6.07) is 16.5. The molecule has 32 heavy (non-hydrogen) atoms. The minimum Gasteiger partial charge on any atom is -0.496 e. The molecular formula is C25H36IN3O3. The summed E-state index contributed by atoms with van der Waals surface area (Å²) in [6.45, 7) is 8.45. The third-order valence-electron chi connectivity index (χ3n) is 5.77. The average Bonchev–Trinajstić information content (AvgIpc) is 2.82. The maximum atomic E-state index is 5.68. The molecule has 7 heteroatoms. The number of hydrogen-bond donors (Lipinski definition) is 2. The number of guanidine groups is 1. The van der Waals surface area contributed by atoms with E-state index in [1.165, 1.54) is 5.56 Å². The van der Waals surface area contributed by atoms with E-state index in [4.69, 9.17) is 19.2 Å². The Balaban J connectivity index is 0.00000363. The van der Waals surface area contributed by atoms with Crippen molar-refractivity contribution >= 4 is 29.9 Å². The van der Waals surface area contributed by atoms with Crippen molar-refractivity contribution in [3.8, 4) is 11.5 Å². The fourth-order valence-electron chi connectivity index (χ4n) is 3.99. The number of para-hydroxylation sites is 1. The molecule has 0 aliphatic carbocycles. The molecule has 3 rings (SSSR count).